The van der Waals surface area contributed by atoms with E-state index in [9.17, 15) is 0 Å². The smallest absolute Gasteiger partial charge is 0.0126 e. The molecule has 18 heavy (non-hydrogen) atoms. The van der Waals surface area contributed by atoms with Gasteiger partial charge in [-0.15, -0.1) is 5.73 Å². The van der Waals surface area contributed by atoms with Crippen LogP contribution in [0.2, 0.25) is 0 Å². The lowest BCUT2D eigenvalue weighted by atomic mass is 9.80. The molecule has 0 N–H and O–H groups in total. The molecule has 0 aromatic heterocycles. The molecule has 0 amide bonds. The Labute approximate surface area is 115 Å². The third-order valence-electron chi connectivity index (χ3n) is 4.27. The summed E-state index contributed by atoms with van der Waals surface area (Å²) in [7, 11) is 0. The van der Waals surface area contributed by atoms with Crippen LogP contribution >= 0.6 is 0 Å². The Morgan fingerprint density at radius 2 is 1.56 bits per heavy atom. The van der Waals surface area contributed by atoms with Crippen LogP contribution in [0.25, 0.3) is 0 Å². The monoisotopic (exact) mass is 248 g/mol. The summed E-state index contributed by atoms with van der Waals surface area (Å²) in [6.07, 6.45) is 20.0. The normalized spacial score (nSPS) is 22.6. The number of allylic oxidation sites excluding steroid dienone is 1. The summed E-state index contributed by atoms with van der Waals surface area (Å²) in [5.41, 5.74) is 3.36. The molecule has 2 atom stereocenters. The molecule has 0 spiro atoms. The Morgan fingerprint density at radius 1 is 0.889 bits per heavy atom. The van der Waals surface area contributed by atoms with Crippen molar-refractivity contribution in [2.24, 2.45) is 11.8 Å². The molecule has 0 radical (unpaired) electrons. The Balaban J connectivity index is 2.21. The van der Waals surface area contributed by atoms with E-state index in [0.717, 1.165) is 11.8 Å². The molecule has 0 heteroatoms. The third-order valence-corrected chi connectivity index (χ3v) is 4.27. The molecular weight excluding hydrogens is 216 g/mol. The fraction of sp³-hybridized carbons (Fsp3) is 0.833. The van der Waals surface area contributed by atoms with Gasteiger partial charge >= 0.3 is 0 Å². The summed E-state index contributed by atoms with van der Waals surface area (Å²) in [5, 5.41) is 0. The van der Waals surface area contributed by atoms with Gasteiger partial charge in [0, 0.05) is 0 Å². The zero-order valence-electron chi connectivity index (χ0n) is 12.6. The van der Waals surface area contributed by atoms with Crippen molar-refractivity contribution in [2.75, 3.05) is 0 Å². The topological polar surface area (TPSA) is 0 Å². The van der Waals surface area contributed by atoms with Crippen LogP contribution in [0, 0.1) is 11.8 Å². The van der Waals surface area contributed by atoms with Crippen molar-refractivity contribution in [1.82, 2.24) is 0 Å². The van der Waals surface area contributed by atoms with E-state index < -0.39 is 0 Å². The molecule has 0 aromatic rings. The first-order chi connectivity index (χ1) is 8.88. The van der Waals surface area contributed by atoms with Crippen LogP contribution in [0.5, 0.6) is 0 Å². The Bertz CT molecular complexity index is 245. The predicted octanol–water partition coefficient (Wildman–Crippen LogP) is 6.27. The van der Waals surface area contributed by atoms with Gasteiger partial charge < -0.3 is 0 Å². The fourth-order valence-electron chi connectivity index (χ4n) is 3.01. The maximum atomic E-state index is 3.36. The first-order valence-electron chi connectivity index (χ1n) is 8.29. The minimum absolute atomic E-state index is 0.827. The molecule has 0 saturated carbocycles. The molecule has 0 aliphatic heterocycles. The first-order valence-corrected chi connectivity index (χ1v) is 8.29. The van der Waals surface area contributed by atoms with Crippen molar-refractivity contribution >= 4 is 0 Å². The van der Waals surface area contributed by atoms with E-state index in [-0.39, 0.29) is 0 Å². The molecule has 104 valence electrons. The molecule has 0 aromatic carbocycles. The molecule has 0 fully saturated rings. The maximum Gasteiger partial charge on any atom is -0.0126 e. The van der Waals surface area contributed by atoms with Crippen molar-refractivity contribution in [3.05, 3.63) is 17.9 Å². The minimum Gasteiger partial charge on any atom is -0.129 e. The van der Waals surface area contributed by atoms with Gasteiger partial charge in [0.05, 0.1) is 0 Å². The molecule has 0 bridgehead atoms. The molecular formula is C18H32. The Kier molecular flexibility index (Phi) is 9.04. The van der Waals surface area contributed by atoms with Crippen molar-refractivity contribution < 1.29 is 0 Å². The van der Waals surface area contributed by atoms with Gasteiger partial charge in [-0.3, -0.25) is 0 Å². The molecule has 1 aliphatic rings. The summed E-state index contributed by atoms with van der Waals surface area (Å²) < 4.78 is 0. The van der Waals surface area contributed by atoms with Crippen LogP contribution in [0.3, 0.4) is 0 Å². The number of hydrogen-bond donors (Lipinski definition) is 0. The fourth-order valence-corrected chi connectivity index (χ4v) is 3.01. The summed E-state index contributed by atoms with van der Waals surface area (Å²) >= 11 is 0. The van der Waals surface area contributed by atoms with E-state index in [1.165, 1.54) is 70.6 Å². The highest BCUT2D eigenvalue weighted by atomic mass is 14.2. The van der Waals surface area contributed by atoms with Gasteiger partial charge in [-0.2, -0.15) is 0 Å². The van der Waals surface area contributed by atoms with Crippen LogP contribution in [0.15, 0.2) is 17.9 Å². The molecule has 0 nitrogen and oxygen atoms in total. The maximum absolute atomic E-state index is 3.36. The lowest BCUT2D eigenvalue weighted by Crippen LogP contribution is -2.14. The highest BCUT2D eigenvalue weighted by molar-refractivity contribution is 4.99. The second kappa shape index (κ2) is 10.4. The molecule has 1 aliphatic carbocycles. The summed E-state index contributed by atoms with van der Waals surface area (Å²) in [5.74, 6) is 1.75. The largest absolute Gasteiger partial charge is 0.129 e. The average molecular weight is 248 g/mol. The summed E-state index contributed by atoms with van der Waals surface area (Å²) in [6, 6.07) is 0. The zero-order valence-corrected chi connectivity index (χ0v) is 12.6. The number of unbranched alkanes of at least 4 members (excludes halogenated alkanes) is 6. The van der Waals surface area contributed by atoms with Gasteiger partial charge in [0.15, 0.2) is 0 Å². The van der Waals surface area contributed by atoms with Gasteiger partial charge in [0.2, 0.25) is 0 Å². The second-order valence-electron chi connectivity index (χ2n) is 5.90. The number of hydrogen-bond acceptors (Lipinski definition) is 0. The number of rotatable bonds is 10. The summed E-state index contributed by atoms with van der Waals surface area (Å²) in [4.78, 5) is 0. The Hall–Kier alpha value is -0.480. The van der Waals surface area contributed by atoms with Gasteiger partial charge in [-0.05, 0) is 43.3 Å². The molecule has 0 heterocycles. The quantitative estimate of drug-likeness (QED) is 0.315. The van der Waals surface area contributed by atoms with Gasteiger partial charge in [-0.1, -0.05) is 65.2 Å². The molecule has 0 saturated heterocycles. The van der Waals surface area contributed by atoms with Crippen molar-refractivity contribution in [3.8, 4) is 0 Å². The van der Waals surface area contributed by atoms with Crippen LogP contribution in [0.1, 0.15) is 84.5 Å². The summed E-state index contributed by atoms with van der Waals surface area (Å²) in [6.45, 7) is 4.59. The average Bonchev–Trinajstić information content (AvgIpc) is 2.41. The van der Waals surface area contributed by atoms with E-state index in [1.807, 2.05) is 0 Å². The van der Waals surface area contributed by atoms with E-state index >= 15 is 0 Å². The van der Waals surface area contributed by atoms with Crippen molar-refractivity contribution in [1.29, 1.82) is 0 Å². The highest BCUT2D eigenvalue weighted by Crippen LogP contribution is 2.30. The lowest BCUT2D eigenvalue weighted by molar-refractivity contribution is 0.327. The van der Waals surface area contributed by atoms with E-state index in [1.54, 1.807) is 0 Å². The molecule has 2 unspecified atom stereocenters. The highest BCUT2D eigenvalue weighted by Gasteiger charge is 2.19. The standard InChI is InChI=1S/C18H32/c1-3-5-7-9-13-17-15-11-12-16-18(17)14-10-8-6-4-2/h11,16-18H,3-10,13-15H2,1-2H3. The van der Waals surface area contributed by atoms with E-state index in [0.29, 0.717) is 0 Å². The second-order valence-corrected chi connectivity index (χ2v) is 5.90. The SMILES string of the molecule is CCCCCCC1C=C=CCC1CCCCCC. The van der Waals surface area contributed by atoms with E-state index in [2.05, 4.69) is 31.7 Å². The van der Waals surface area contributed by atoms with Crippen molar-refractivity contribution in [3.63, 3.8) is 0 Å². The van der Waals surface area contributed by atoms with Crippen molar-refractivity contribution in [2.45, 2.75) is 84.5 Å². The predicted molar refractivity (Wildman–Crippen MR) is 81.8 cm³/mol. The Morgan fingerprint density at radius 3 is 2.22 bits per heavy atom. The first kappa shape index (κ1) is 15.6. The molecule has 1 rings (SSSR count). The zero-order chi connectivity index (χ0) is 13.1. The van der Waals surface area contributed by atoms with Gasteiger partial charge in [0.25, 0.3) is 0 Å². The van der Waals surface area contributed by atoms with Crippen LogP contribution in [-0.4, -0.2) is 0 Å². The van der Waals surface area contributed by atoms with Crippen LogP contribution in [-0.2, 0) is 0 Å². The third kappa shape index (κ3) is 6.45. The van der Waals surface area contributed by atoms with Gasteiger partial charge in [0.1, 0.15) is 0 Å². The van der Waals surface area contributed by atoms with E-state index in [4.69, 9.17) is 0 Å². The van der Waals surface area contributed by atoms with Crippen LogP contribution in [0.4, 0.5) is 0 Å². The minimum atomic E-state index is 0.827. The lowest BCUT2D eigenvalue weighted by Gasteiger charge is -2.25. The van der Waals surface area contributed by atoms with Crippen LogP contribution < -0.4 is 0 Å². The van der Waals surface area contributed by atoms with Gasteiger partial charge in [-0.25, -0.2) is 0 Å².